The summed E-state index contributed by atoms with van der Waals surface area (Å²) < 4.78 is 5.52. The highest BCUT2D eigenvalue weighted by Crippen LogP contribution is 2.17. The molecule has 5 nitrogen and oxygen atoms in total. The van der Waals surface area contributed by atoms with Crippen LogP contribution in [0.25, 0.3) is 0 Å². The molecule has 5 heteroatoms. The van der Waals surface area contributed by atoms with E-state index < -0.39 is 6.10 Å². The first-order valence-electron chi connectivity index (χ1n) is 7.02. The molecule has 1 aliphatic heterocycles. The maximum atomic E-state index is 11.1. The molecule has 2 rings (SSSR count). The molecule has 20 heavy (non-hydrogen) atoms. The Morgan fingerprint density at radius 1 is 1.35 bits per heavy atom. The third kappa shape index (κ3) is 4.51. The standard InChI is InChI=1S/C15H22N2O3/c16-15(19)12-6-8-17(9-7-12)10-13(18)11-20-14-4-2-1-3-5-14/h1-5,12-13,18H,6-11H2,(H2,16,19)/t13-/m0/s1. The van der Waals surface area contributed by atoms with Gasteiger partial charge in [-0.05, 0) is 38.1 Å². The third-order valence-electron chi connectivity index (χ3n) is 3.64. The van der Waals surface area contributed by atoms with E-state index in [4.69, 9.17) is 10.5 Å². The fraction of sp³-hybridized carbons (Fsp3) is 0.533. The minimum Gasteiger partial charge on any atom is -0.491 e. The number of carbonyl (C=O) groups excluding carboxylic acids is 1. The van der Waals surface area contributed by atoms with Crippen molar-refractivity contribution in [1.29, 1.82) is 0 Å². The Hall–Kier alpha value is -1.59. The number of amides is 1. The zero-order chi connectivity index (χ0) is 14.4. The average Bonchev–Trinajstić information content (AvgIpc) is 2.47. The molecule has 0 aromatic heterocycles. The fourth-order valence-corrected chi connectivity index (χ4v) is 2.46. The maximum absolute atomic E-state index is 11.1. The van der Waals surface area contributed by atoms with E-state index in [1.54, 1.807) is 0 Å². The summed E-state index contributed by atoms with van der Waals surface area (Å²) in [7, 11) is 0. The number of primary amides is 1. The molecule has 110 valence electrons. The number of likely N-dealkylation sites (tertiary alicyclic amines) is 1. The first kappa shape index (κ1) is 14.8. The van der Waals surface area contributed by atoms with Gasteiger partial charge in [-0.2, -0.15) is 0 Å². The Labute approximate surface area is 119 Å². The minimum atomic E-state index is -0.527. The first-order chi connectivity index (χ1) is 9.65. The molecule has 1 amide bonds. The van der Waals surface area contributed by atoms with Crippen molar-refractivity contribution in [2.45, 2.75) is 18.9 Å². The second kappa shape index (κ2) is 7.26. The second-order valence-electron chi connectivity index (χ2n) is 5.26. The van der Waals surface area contributed by atoms with Gasteiger partial charge in [0.25, 0.3) is 0 Å². The first-order valence-corrected chi connectivity index (χ1v) is 7.02. The number of hydrogen-bond acceptors (Lipinski definition) is 4. The number of nitrogens with two attached hydrogens (primary N) is 1. The van der Waals surface area contributed by atoms with Crippen LogP contribution in [-0.4, -0.2) is 48.3 Å². The van der Waals surface area contributed by atoms with Gasteiger partial charge in [-0.15, -0.1) is 0 Å². The van der Waals surface area contributed by atoms with E-state index in [-0.39, 0.29) is 18.4 Å². The Morgan fingerprint density at radius 3 is 2.60 bits per heavy atom. The number of ether oxygens (including phenoxy) is 1. The highest BCUT2D eigenvalue weighted by Gasteiger charge is 2.24. The molecule has 1 fully saturated rings. The topological polar surface area (TPSA) is 75.8 Å². The monoisotopic (exact) mass is 278 g/mol. The van der Waals surface area contributed by atoms with Crippen molar-refractivity contribution in [3.63, 3.8) is 0 Å². The number of rotatable bonds is 6. The van der Waals surface area contributed by atoms with Gasteiger partial charge in [0.2, 0.25) is 5.91 Å². The quantitative estimate of drug-likeness (QED) is 0.800. The lowest BCUT2D eigenvalue weighted by atomic mass is 9.96. The number of benzene rings is 1. The summed E-state index contributed by atoms with van der Waals surface area (Å²) in [4.78, 5) is 13.2. The molecule has 0 radical (unpaired) electrons. The van der Waals surface area contributed by atoms with Crippen molar-refractivity contribution >= 4 is 5.91 Å². The Morgan fingerprint density at radius 2 is 2.00 bits per heavy atom. The van der Waals surface area contributed by atoms with Crippen LogP contribution in [-0.2, 0) is 4.79 Å². The van der Waals surface area contributed by atoms with Crippen molar-refractivity contribution in [2.75, 3.05) is 26.2 Å². The van der Waals surface area contributed by atoms with E-state index in [1.807, 2.05) is 30.3 Å². The van der Waals surface area contributed by atoms with Crippen LogP contribution >= 0.6 is 0 Å². The molecule has 0 unspecified atom stereocenters. The molecule has 3 N–H and O–H groups in total. The van der Waals surface area contributed by atoms with Crippen molar-refractivity contribution in [3.8, 4) is 5.75 Å². The summed E-state index contributed by atoms with van der Waals surface area (Å²) in [6.07, 6.45) is 1.03. The molecular formula is C15H22N2O3. The zero-order valence-corrected chi connectivity index (χ0v) is 11.6. The van der Waals surface area contributed by atoms with Gasteiger partial charge in [0.1, 0.15) is 18.5 Å². The van der Waals surface area contributed by atoms with Gasteiger partial charge in [-0.3, -0.25) is 4.79 Å². The van der Waals surface area contributed by atoms with Crippen molar-refractivity contribution < 1.29 is 14.6 Å². The van der Waals surface area contributed by atoms with E-state index in [0.717, 1.165) is 31.7 Å². The van der Waals surface area contributed by atoms with E-state index in [1.165, 1.54) is 0 Å². The molecule has 1 saturated heterocycles. The van der Waals surface area contributed by atoms with Gasteiger partial charge in [0.15, 0.2) is 0 Å². The highest BCUT2D eigenvalue weighted by molar-refractivity contribution is 5.76. The fourth-order valence-electron chi connectivity index (χ4n) is 2.46. The summed E-state index contributed by atoms with van der Waals surface area (Å²) in [5, 5.41) is 9.98. The minimum absolute atomic E-state index is 0.0102. The lowest BCUT2D eigenvalue weighted by Crippen LogP contribution is -2.43. The van der Waals surface area contributed by atoms with Crippen molar-refractivity contribution in [3.05, 3.63) is 30.3 Å². The van der Waals surface area contributed by atoms with Gasteiger partial charge >= 0.3 is 0 Å². The van der Waals surface area contributed by atoms with Crippen LogP contribution in [0.3, 0.4) is 0 Å². The maximum Gasteiger partial charge on any atom is 0.220 e. The number of piperidine rings is 1. The number of carbonyl (C=O) groups is 1. The van der Waals surface area contributed by atoms with E-state index in [9.17, 15) is 9.90 Å². The molecule has 0 spiro atoms. The highest BCUT2D eigenvalue weighted by atomic mass is 16.5. The van der Waals surface area contributed by atoms with Gasteiger partial charge in [-0.25, -0.2) is 0 Å². The number of nitrogens with zero attached hydrogens (tertiary/aromatic N) is 1. The normalized spacial score (nSPS) is 18.6. The molecule has 0 bridgehead atoms. The van der Waals surface area contributed by atoms with E-state index in [0.29, 0.717) is 6.54 Å². The lowest BCUT2D eigenvalue weighted by Gasteiger charge is -2.31. The molecule has 0 saturated carbocycles. The molecule has 1 aromatic carbocycles. The van der Waals surface area contributed by atoms with Gasteiger partial charge in [0.05, 0.1) is 0 Å². The van der Waals surface area contributed by atoms with Gasteiger partial charge in [-0.1, -0.05) is 18.2 Å². The predicted octanol–water partition coefficient (Wildman–Crippen LogP) is 0.624. The van der Waals surface area contributed by atoms with Crippen LogP contribution in [0.4, 0.5) is 0 Å². The summed E-state index contributed by atoms with van der Waals surface area (Å²) in [6, 6.07) is 9.45. The Balaban J connectivity index is 1.68. The molecule has 1 atom stereocenters. The van der Waals surface area contributed by atoms with Crippen LogP contribution in [0, 0.1) is 5.92 Å². The average molecular weight is 278 g/mol. The molecule has 1 aliphatic rings. The lowest BCUT2D eigenvalue weighted by molar-refractivity contribution is -0.123. The van der Waals surface area contributed by atoms with Crippen molar-refractivity contribution in [2.24, 2.45) is 11.7 Å². The summed E-state index contributed by atoms with van der Waals surface area (Å²) in [6.45, 7) is 2.45. The predicted molar refractivity (Wildman–Crippen MR) is 76.3 cm³/mol. The summed E-state index contributed by atoms with van der Waals surface area (Å²) in [5.74, 6) is 0.542. The van der Waals surface area contributed by atoms with Gasteiger partial charge < -0.3 is 20.5 Å². The SMILES string of the molecule is NC(=O)C1CCN(C[C@H](O)COc2ccccc2)CC1. The molecule has 1 aromatic rings. The molecule has 0 aliphatic carbocycles. The number of para-hydroxylation sites is 1. The number of hydrogen-bond donors (Lipinski definition) is 2. The van der Waals surface area contributed by atoms with Crippen LogP contribution in [0.1, 0.15) is 12.8 Å². The molecular weight excluding hydrogens is 256 g/mol. The Bertz CT molecular complexity index is 416. The van der Waals surface area contributed by atoms with Crippen LogP contribution in [0.2, 0.25) is 0 Å². The second-order valence-corrected chi connectivity index (χ2v) is 5.26. The number of aliphatic hydroxyl groups is 1. The van der Waals surface area contributed by atoms with Gasteiger partial charge in [0, 0.05) is 12.5 Å². The van der Waals surface area contributed by atoms with Crippen LogP contribution < -0.4 is 10.5 Å². The van der Waals surface area contributed by atoms with E-state index >= 15 is 0 Å². The Kier molecular flexibility index (Phi) is 5.38. The zero-order valence-electron chi connectivity index (χ0n) is 11.6. The smallest absolute Gasteiger partial charge is 0.220 e. The van der Waals surface area contributed by atoms with Crippen LogP contribution in [0.15, 0.2) is 30.3 Å². The largest absolute Gasteiger partial charge is 0.491 e. The van der Waals surface area contributed by atoms with Crippen LogP contribution in [0.5, 0.6) is 5.75 Å². The molecule has 1 heterocycles. The van der Waals surface area contributed by atoms with E-state index in [2.05, 4.69) is 4.90 Å². The number of aliphatic hydroxyl groups excluding tert-OH is 1. The summed E-state index contributed by atoms with van der Waals surface area (Å²) >= 11 is 0. The number of β-amino-alcohol motifs (C(OH)–C–C–N with tert-alkyl or cyclic N) is 1. The van der Waals surface area contributed by atoms with Crippen molar-refractivity contribution in [1.82, 2.24) is 4.90 Å². The third-order valence-corrected chi connectivity index (χ3v) is 3.64. The summed E-state index contributed by atoms with van der Waals surface area (Å²) in [5.41, 5.74) is 5.30.